The van der Waals surface area contributed by atoms with E-state index < -0.39 is 0 Å². The summed E-state index contributed by atoms with van der Waals surface area (Å²) in [5, 5.41) is 1.19. The van der Waals surface area contributed by atoms with Crippen LogP contribution in [0.25, 0.3) is 10.9 Å². The fourth-order valence-corrected chi connectivity index (χ4v) is 4.16. The lowest BCUT2D eigenvalue weighted by atomic mass is 9.73. The number of piperidine rings is 1. The first-order chi connectivity index (χ1) is 10.7. The van der Waals surface area contributed by atoms with Crippen molar-refractivity contribution in [1.82, 2.24) is 14.9 Å². The fourth-order valence-electron chi connectivity index (χ4n) is 4.16. The second-order valence-electron chi connectivity index (χ2n) is 6.34. The Morgan fingerprint density at radius 2 is 2.23 bits per heavy atom. The van der Waals surface area contributed by atoms with E-state index in [1.807, 2.05) is 6.07 Å². The summed E-state index contributed by atoms with van der Waals surface area (Å²) in [6.45, 7) is 0.754. The number of fused-ring (bicyclic) bond motifs is 2. The van der Waals surface area contributed by atoms with E-state index in [1.54, 1.807) is 6.33 Å². The van der Waals surface area contributed by atoms with Crippen molar-refractivity contribution < 1.29 is 9.53 Å². The summed E-state index contributed by atoms with van der Waals surface area (Å²) in [6, 6.07) is 6.65. The second-order valence-corrected chi connectivity index (χ2v) is 6.34. The molecule has 1 saturated heterocycles. The van der Waals surface area contributed by atoms with Crippen LogP contribution < -0.4 is 0 Å². The number of carbonyl (C=O) groups is 1. The molecule has 5 nitrogen and oxygen atoms in total. The number of methoxy groups -OCH3 is 1. The van der Waals surface area contributed by atoms with Crippen molar-refractivity contribution in [3.8, 4) is 0 Å². The summed E-state index contributed by atoms with van der Waals surface area (Å²) in [5.41, 5.74) is 3.42. The molecule has 114 valence electrons. The summed E-state index contributed by atoms with van der Waals surface area (Å²) in [7, 11) is 3.57. The van der Waals surface area contributed by atoms with Gasteiger partial charge in [-0.15, -0.1) is 0 Å². The average molecular weight is 297 g/mol. The van der Waals surface area contributed by atoms with E-state index in [0.29, 0.717) is 12.0 Å². The van der Waals surface area contributed by atoms with E-state index in [-0.39, 0.29) is 11.9 Å². The second kappa shape index (κ2) is 5.02. The number of aromatic nitrogens is 2. The van der Waals surface area contributed by atoms with Gasteiger partial charge in [-0.3, -0.25) is 4.79 Å². The number of benzene rings is 1. The number of esters is 1. The van der Waals surface area contributed by atoms with Crippen molar-refractivity contribution in [2.75, 3.05) is 20.7 Å². The lowest BCUT2D eigenvalue weighted by molar-refractivity contribution is -0.148. The van der Waals surface area contributed by atoms with Crippen molar-refractivity contribution in [3.63, 3.8) is 0 Å². The molecule has 1 aromatic heterocycles. The van der Waals surface area contributed by atoms with Crippen LogP contribution in [0.4, 0.5) is 0 Å². The van der Waals surface area contributed by atoms with Gasteiger partial charge in [-0.2, -0.15) is 0 Å². The van der Waals surface area contributed by atoms with Gasteiger partial charge in [0.25, 0.3) is 0 Å². The molecule has 2 aromatic rings. The van der Waals surface area contributed by atoms with Gasteiger partial charge in [0.2, 0.25) is 0 Å². The van der Waals surface area contributed by atoms with Crippen LogP contribution in [-0.2, 0) is 16.0 Å². The molecule has 2 heterocycles. The smallest absolute Gasteiger partial charge is 0.309 e. The minimum absolute atomic E-state index is 0.0577. The molecule has 1 aliphatic heterocycles. The zero-order valence-electron chi connectivity index (χ0n) is 12.8. The van der Waals surface area contributed by atoms with Crippen molar-refractivity contribution in [2.45, 2.75) is 24.8 Å². The topological polar surface area (TPSA) is 55.3 Å². The van der Waals surface area contributed by atoms with Gasteiger partial charge in [0, 0.05) is 30.3 Å². The van der Waals surface area contributed by atoms with Gasteiger partial charge >= 0.3 is 5.97 Å². The van der Waals surface area contributed by atoms with Crippen molar-refractivity contribution in [3.05, 3.63) is 35.8 Å². The van der Waals surface area contributed by atoms with Crippen LogP contribution in [0.15, 0.2) is 24.5 Å². The molecule has 1 aromatic carbocycles. The first-order valence-corrected chi connectivity index (χ1v) is 7.69. The molecule has 0 spiro atoms. The van der Waals surface area contributed by atoms with Crippen molar-refractivity contribution in [1.29, 1.82) is 0 Å². The highest BCUT2D eigenvalue weighted by molar-refractivity contribution is 5.86. The maximum absolute atomic E-state index is 12.0. The standard InChI is InChI=1S/C17H19N3O2/c1-20-8-10(17(21)22-2)6-12-11-4-3-5-13-16(11)14(7-15(12)20)19-9-18-13/h3-5,9-10,12,15H,6-8H2,1-2H3/t10-,12-,15-/m1/s1. The Kier molecular flexibility index (Phi) is 3.11. The van der Waals surface area contributed by atoms with Gasteiger partial charge in [0.1, 0.15) is 6.33 Å². The van der Waals surface area contributed by atoms with Gasteiger partial charge in [-0.1, -0.05) is 12.1 Å². The molecule has 2 aliphatic rings. The number of hydrogen-bond donors (Lipinski definition) is 0. The SMILES string of the molecule is COC(=O)[C@@H]1C[C@@H]2c3cccc4ncnc(c34)C[C@H]2N(C)C1. The highest BCUT2D eigenvalue weighted by Gasteiger charge is 2.41. The summed E-state index contributed by atoms with van der Waals surface area (Å²) in [5.74, 6) is 0.176. The molecule has 0 N–H and O–H groups in total. The van der Waals surface area contributed by atoms with Gasteiger partial charge in [-0.05, 0) is 25.1 Å². The third kappa shape index (κ3) is 1.92. The molecular weight excluding hydrogens is 278 g/mol. The number of hydrogen-bond acceptors (Lipinski definition) is 5. The Bertz CT molecular complexity index is 741. The molecule has 5 heteroatoms. The molecule has 0 unspecified atom stereocenters. The van der Waals surface area contributed by atoms with Crippen LogP contribution in [-0.4, -0.2) is 47.6 Å². The number of likely N-dealkylation sites (N-methyl/N-ethyl adjacent to an activating group) is 1. The van der Waals surface area contributed by atoms with Crippen LogP contribution in [0.2, 0.25) is 0 Å². The van der Waals surface area contributed by atoms with Crippen molar-refractivity contribution in [2.24, 2.45) is 5.92 Å². The lowest BCUT2D eigenvalue weighted by Gasteiger charge is -2.44. The maximum atomic E-state index is 12.0. The normalized spacial score (nSPS) is 27.5. The quantitative estimate of drug-likeness (QED) is 0.751. The molecule has 0 bridgehead atoms. The third-order valence-electron chi connectivity index (χ3n) is 5.19. The highest BCUT2D eigenvalue weighted by atomic mass is 16.5. The van der Waals surface area contributed by atoms with Crippen LogP contribution in [0.5, 0.6) is 0 Å². The number of nitrogens with zero attached hydrogens (tertiary/aromatic N) is 3. The molecule has 0 radical (unpaired) electrons. The van der Waals surface area contributed by atoms with E-state index in [0.717, 1.165) is 30.6 Å². The van der Waals surface area contributed by atoms with Gasteiger partial charge < -0.3 is 9.64 Å². The third-order valence-corrected chi connectivity index (χ3v) is 5.19. The highest BCUT2D eigenvalue weighted by Crippen LogP contribution is 2.43. The van der Waals surface area contributed by atoms with E-state index in [4.69, 9.17) is 4.74 Å². The molecule has 22 heavy (non-hydrogen) atoms. The van der Waals surface area contributed by atoms with Gasteiger partial charge in [0.05, 0.1) is 24.2 Å². The van der Waals surface area contributed by atoms with Crippen LogP contribution in [0, 0.1) is 5.92 Å². The summed E-state index contributed by atoms with van der Waals surface area (Å²) >= 11 is 0. The molecule has 3 atom stereocenters. The summed E-state index contributed by atoms with van der Waals surface area (Å²) in [6.07, 6.45) is 3.42. The minimum atomic E-state index is -0.104. The zero-order valence-corrected chi connectivity index (χ0v) is 12.8. The number of likely N-dealkylation sites (tertiary alicyclic amines) is 1. The molecule has 4 rings (SSSR count). The van der Waals surface area contributed by atoms with E-state index in [9.17, 15) is 4.79 Å². The Hall–Kier alpha value is -2.01. The number of ether oxygens (including phenoxy) is 1. The maximum Gasteiger partial charge on any atom is 0.309 e. The van der Waals surface area contributed by atoms with Crippen LogP contribution in [0.1, 0.15) is 23.6 Å². The zero-order chi connectivity index (χ0) is 15.3. The molecule has 1 aliphatic carbocycles. The van der Waals surface area contributed by atoms with E-state index in [1.165, 1.54) is 18.1 Å². The monoisotopic (exact) mass is 297 g/mol. The van der Waals surface area contributed by atoms with E-state index >= 15 is 0 Å². The summed E-state index contributed by atoms with van der Waals surface area (Å²) < 4.78 is 4.97. The first kappa shape index (κ1) is 13.6. The van der Waals surface area contributed by atoms with Crippen LogP contribution >= 0.6 is 0 Å². The van der Waals surface area contributed by atoms with E-state index in [2.05, 4.69) is 34.0 Å². The molecule has 0 saturated carbocycles. The Labute approximate surface area is 129 Å². The Morgan fingerprint density at radius 1 is 1.36 bits per heavy atom. The van der Waals surface area contributed by atoms with Crippen molar-refractivity contribution >= 4 is 16.9 Å². The predicted molar refractivity (Wildman–Crippen MR) is 82.5 cm³/mol. The Balaban J connectivity index is 1.82. The number of carbonyl (C=O) groups excluding carboxylic acids is 1. The molecule has 0 amide bonds. The minimum Gasteiger partial charge on any atom is -0.469 e. The lowest BCUT2D eigenvalue weighted by Crippen LogP contribution is -2.50. The summed E-state index contributed by atoms with van der Waals surface area (Å²) in [4.78, 5) is 23.2. The number of rotatable bonds is 1. The average Bonchev–Trinajstić information content (AvgIpc) is 2.55. The Morgan fingerprint density at radius 3 is 3.05 bits per heavy atom. The molecule has 1 fully saturated rings. The van der Waals surface area contributed by atoms with Gasteiger partial charge in [-0.25, -0.2) is 9.97 Å². The fraction of sp³-hybridized carbons (Fsp3) is 0.471. The first-order valence-electron chi connectivity index (χ1n) is 7.69. The molecular formula is C17H19N3O2. The largest absolute Gasteiger partial charge is 0.469 e. The van der Waals surface area contributed by atoms with Gasteiger partial charge in [0.15, 0.2) is 0 Å². The van der Waals surface area contributed by atoms with Crippen LogP contribution in [0.3, 0.4) is 0 Å². The predicted octanol–water partition coefficient (Wildman–Crippen LogP) is 1.76.